The number of halogens is 1. The van der Waals surface area contributed by atoms with Crippen molar-refractivity contribution in [3.05, 3.63) is 74.4 Å². The van der Waals surface area contributed by atoms with Crippen LogP contribution in [-0.4, -0.2) is 32.3 Å². The first-order valence-corrected chi connectivity index (χ1v) is 10.6. The van der Waals surface area contributed by atoms with Gasteiger partial charge in [-0.25, -0.2) is 4.90 Å². The number of carbonyl (C=O) groups excluding carboxylic acids is 1. The van der Waals surface area contributed by atoms with Crippen molar-refractivity contribution in [1.82, 2.24) is 15.1 Å². The lowest BCUT2D eigenvalue weighted by molar-refractivity contribution is -0.390. The number of para-hydroxylation sites is 2. The zero-order chi connectivity index (χ0) is 22.8. The number of hydrogen-bond donors (Lipinski definition) is 1. The molecule has 4 rings (SSSR count). The molecule has 1 saturated heterocycles. The Hall–Kier alpha value is -3.51. The number of nitro groups is 1. The van der Waals surface area contributed by atoms with Gasteiger partial charge >= 0.3 is 5.82 Å². The van der Waals surface area contributed by atoms with Crippen LogP contribution in [0.5, 0.6) is 5.75 Å². The largest absolute Gasteiger partial charge is 0.492 e. The Morgan fingerprint density at radius 2 is 2.12 bits per heavy atom. The summed E-state index contributed by atoms with van der Waals surface area (Å²) >= 11 is 8.47. The van der Waals surface area contributed by atoms with Crippen molar-refractivity contribution in [2.24, 2.45) is 0 Å². The molecular weight excluding hydrogens is 502 g/mol. The molecule has 1 aliphatic heterocycles. The van der Waals surface area contributed by atoms with E-state index >= 15 is 0 Å². The normalized spacial score (nSPS) is 14.8. The SMILES string of the molecule is CCOc1ccccc1N1C(=O)/C(=C\c2ccc(Cn3cc(Br)c([N+](=O)[O-])n3)o2)NC1=S. The lowest BCUT2D eigenvalue weighted by Crippen LogP contribution is -2.30. The van der Waals surface area contributed by atoms with Gasteiger partial charge in [0, 0.05) is 6.08 Å². The summed E-state index contributed by atoms with van der Waals surface area (Å²) in [6, 6.07) is 10.5. The molecule has 1 aromatic carbocycles. The van der Waals surface area contributed by atoms with Gasteiger partial charge in [0.05, 0.1) is 23.6 Å². The second-order valence-corrected chi connectivity index (χ2v) is 7.83. The molecule has 1 fully saturated rings. The number of anilines is 1. The summed E-state index contributed by atoms with van der Waals surface area (Å²) in [5, 5.41) is 18.0. The average molecular weight is 518 g/mol. The predicted octanol–water partition coefficient (Wildman–Crippen LogP) is 3.86. The van der Waals surface area contributed by atoms with Crippen LogP contribution in [0, 0.1) is 10.1 Å². The molecule has 1 amide bonds. The lowest BCUT2D eigenvalue weighted by atomic mass is 10.2. The molecule has 0 atom stereocenters. The number of nitrogens with zero attached hydrogens (tertiary/aromatic N) is 4. The first-order valence-electron chi connectivity index (χ1n) is 9.42. The zero-order valence-electron chi connectivity index (χ0n) is 16.6. The number of thiocarbonyl (C=S) groups is 1. The quantitative estimate of drug-likeness (QED) is 0.217. The van der Waals surface area contributed by atoms with Crippen molar-refractivity contribution in [3.8, 4) is 5.75 Å². The molecular formula is C20H16BrN5O5S. The fraction of sp³-hybridized carbons (Fsp3) is 0.150. The minimum Gasteiger partial charge on any atom is -0.492 e. The molecule has 3 aromatic rings. The van der Waals surface area contributed by atoms with Crippen LogP contribution in [0.3, 0.4) is 0 Å². The summed E-state index contributed by atoms with van der Waals surface area (Å²) in [6.07, 6.45) is 3.04. The van der Waals surface area contributed by atoms with E-state index in [4.69, 9.17) is 21.4 Å². The fourth-order valence-corrected chi connectivity index (χ4v) is 3.88. The number of furan rings is 1. The highest BCUT2D eigenvalue weighted by molar-refractivity contribution is 9.10. The highest BCUT2D eigenvalue weighted by Crippen LogP contribution is 2.32. The van der Waals surface area contributed by atoms with E-state index in [2.05, 4.69) is 26.3 Å². The van der Waals surface area contributed by atoms with Gasteiger partial charge in [-0.2, -0.15) is 4.68 Å². The van der Waals surface area contributed by atoms with Gasteiger partial charge in [-0.1, -0.05) is 12.1 Å². The molecule has 12 heteroatoms. The van der Waals surface area contributed by atoms with Crippen LogP contribution < -0.4 is 15.0 Å². The Morgan fingerprint density at radius 3 is 2.84 bits per heavy atom. The van der Waals surface area contributed by atoms with Crippen LogP contribution in [0.2, 0.25) is 0 Å². The number of hydrogen-bond acceptors (Lipinski definition) is 7. The summed E-state index contributed by atoms with van der Waals surface area (Å²) in [5.74, 6) is 0.855. The van der Waals surface area contributed by atoms with Crippen LogP contribution in [-0.2, 0) is 11.3 Å². The van der Waals surface area contributed by atoms with Crippen molar-refractivity contribution in [2.75, 3.05) is 11.5 Å². The van der Waals surface area contributed by atoms with Crippen molar-refractivity contribution in [2.45, 2.75) is 13.5 Å². The van der Waals surface area contributed by atoms with Crippen molar-refractivity contribution in [3.63, 3.8) is 0 Å². The van der Waals surface area contributed by atoms with Crippen LogP contribution in [0.1, 0.15) is 18.4 Å². The Bertz CT molecular complexity index is 1250. The van der Waals surface area contributed by atoms with E-state index in [1.54, 1.807) is 36.4 Å². The number of rotatable bonds is 7. The van der Waals surface area contributed by atoms with E-state index in [1.807, 2.05) is 13.0 Å². The second-order valence-electron chi connectivity index (χ2n) is 6.59. The summed E-state index contributed by atoms with van der Waals surface area (Å²) in [7, 11) is 0. The monoisotopic (exact) mass is 517 g/mol. The van der Waals surface area contributed by atoms with E-state index in [0.29, 0.717) is 29.6 Å². The van der Waals surface area contributed by atoms with Gasteiger partial charge in [-0.15, -0.1) is 0 Å². The molecule has 10 nitrogen and oxygen atoms in total. The Labute approximate surface area is 195 Å². The topological polar surface area (TPSA) is 116 Å². The summed E-state index contributed by atoms with van der Waals surface area (Å²) in [6.45, 7) is 2.50. The van der Waals surface area contributed by atoms with Crippen LogP contribution in [0.15, 0.2) is 57.2 Å². The molecule has 0 aliphatic carbocycles. The van der Waals surface area contributed by atoms with Gasteiger partial charge in [-0.3, -0.25) is 4.79 Å². The summed E-state index contributed by atoms with van der Waals surface area (Å²) < 4.78 is 13.0. The van der Waals surface area contributed by atoms with Crippen molar-refractivity contribution in [1.29, 1.82) is 0 Å². The van der Waals surface area contributed by atoms with Gasteiger partial charge in [0.15, 0.2) is 5.11 Å². The molecule has 164 valence electrons. The van der Waals surface area contributed by atoms with E-state index in [9.17, 15) is 14.9 Å². The van der Waals surface area contributed by atoms with Crippen LogP contribution in [0.25, 0.3) is 6.08 Å². The van der Waals surface area contributed by atoms with E-state index in [1.165, 1.54) is 15.8 Å². The van der Waals surface area contributed by atoms with Crippen LogP contribution in [0.4, 0.5) is 11.5 Å². The third-order valence-electron chi connectivity index (χ3n) is 4.44. The molecule has 2 aromatic heterocycles. The second kappa shape index (κ2) is 8.93. The van der Waals surface area contributed by atoms with Crippen molar-refractivity contribution < 1.29 is 18.9 Å². The standard InChI is InChI=1S/C20H16BrN5O5S/c1-2-30-17-6-4-3-5-16(17)25-19(27)15(22-20(25)32)9-12-7-8-13(31-12)10-24-11-14(21)18(23-24)26(28)29/h3-9,11H,2,10H2,1H3,(H,22,32)/b15-9+. The molecule has 0 spiro atoms. The van der Waals surface area contributed by atoms with E-state index in [-0.39, 0.29) is 33.6 Å². The fourth-order valence-electron chi connectivity index (χ4n) is 3.12. The highest BCUT2D eigenvalue weighted by atomic mass is 79.9. The van der Waals surface area contributed by atoms with Gasteiger partial charge in [0.1, 0.15) is 34.0 Å². The van der Waals surface area contributed by atoms with Gasteiger partial charge < -0.3 is 24.6 Å². The Balaban J connectivity index is 1.54. The first kappa shape index (κ1) is 21.7. The molecule has 3 heterocycles. The molecule has 0 radical (unpaired) electrons. The van der Waals surface area contributed by atoms with Crippen molar-refractivity contribution >= 4 is 56.7 Å². The highest BCUT2D eigenvalue weighted by Gasteiger charge is 2.34. The third kappa shape index (κ3) is 4.27. The van der Waals surface area contributed by atoms with Gasteiger partial charge in [0.25, 0.3) is 5.91 Å². The number of nitrogens with one attached hydrogen (secondary N) is 1. The molecule has 1 aliphatic rings. The average Bonchev–Trinajstić information content (AvgIpc) is 3.42. The third-order valence-corrected chi connectivity index (χ3v) is 5.29. The molecule has 0 bridgehead atoms. The molecule has 1 N–H and O–H groups in total. The number of amides is 1. The number of aromatic nitrogens is 2. The van der Waals surface area contributed by atoms with E-state index in [0.717, 1.165) is 0 Å². The Kier molecular flexibility index (Phi) is 6.06. The maximum atomic E-state index is 13.0. The number of ether oxygens (including phenoxy) is 1. The van der Waals surface area contributed by atoms with Gasteiger partial charge in [0.2, 0.25) is 0 Å². The van der Waals surface area contributed by atoms with Gasteiger partial charge in [-0.05, 0) is 64.3 Å². The predicted molar refractivity (Wildman–Crippen MR) is 123 cm³/mol. The van der Waals surface area contributed by atoms with E-state index < -0.39 is 4.92 Å². The summed E-state index contributed by atoms with van der Waals surface area (Å²) in [4.78, 5) is 24.7. The minimum absolute atomic E-state index is 0.184. The number of carbonyl (C=O) groups is 1. The minimum atomic E-state index is -0.575. The lowest BCUT2D eigenvalue weighted by Gasteiger charge is -2.17. The maximum absolute atomic E-state index is 13.0. The zero-order valence-corrected chi connectivity index (χ0v) is 19.1. The smallest absolute Gasteiger partial charge is 0.404 e. The first-order chi connectivity index (χ1) is 15.4. The summed E-state index contributed by atoms with van der Waals surface area (Å²) in [5.41, 5.74) is 0.797. The molecule has 0 saturated carbocycles. The maximum Gasteiger partial charge on any atom is 0.404 e. The number of benzene rings is 1. The van der Waals surface area contributed by atoms with Crippen LogP contribution >= 0.6 is 28.1 Å². The Morgan fingerprint density at radius 1 is 1.34 bits per heavy atom. The molecule has 32 heavy (non-hydrogen) atoms. The molecule has 0 unspecified atom stereocenters.